The van der Waals surface area contributed by atoms with Crippen molar-refractivity contribution in [1.29, 1.82) is 0 Å². The van der Waals surface area contributed by atoms with E-state index in [0.717, 1.165) is 17.5 Å². The third-order valence-corrected chi connectivity index (χ3v) is 2.32. The lowest BCUT2D eigenvalue weighted by Crippen LogP contribution is -2.13. The van der Waals surface area contributed by atoms with Crippen LogP contribution in [0.25, 0.3) is 5.57 Å². The minimum absolute atomic E-state index is 0.429. The lowest BCUT2D eigenvalue weighted by Gasteiger charge is -2.22. The van der Waals surface area contributed by atoms with Crippen molar-refractivity contribution in [2.24, 2.45) is 0 Å². The van der Waals surface area contributed by atoms with Crippen LogP contribution in [0.2, 0.25) is 0 Å². The van der Waals surface area contributed by atoms with Gasteiger partial charge in [0.25, 0.3) is 0 Å². The average molecular weight is 202 g/mol. The van der Waals surface area contributed by atoms with E-state index in [0.29, 0.717) is 5.57 Å². The van der Waals surface area contributed by atoms with Gasteiger partial charge in [-0.05, 0) is 12.1 Å². The van der Waals surface area contributed by atoms with E-state index in [2.05, 4.69) is 0 Å². The molecule has 0 saturated heterocycles. The van der Waals surface area contributed by atoms with Crippen LogP contribution in [0, 0.1) is 10.1 Å². The Kier molecular flexibility index (Phi) is 2.25. The number of anilines is 1. The third kappa shape index (κ3) is 1.74. The molecule has 0 saturated carbocycles. The Balaban J connectivity index is 2.55. The molecule has 0 aromatic heterocycles. The topological polar surface area (TPSA) is 46.4 Å². The van der Waals surface area contributed by atoms with Gasteiger partial charge in [0, 0.05) is 24.5 Å². The fourth-order valence-corrected chi connectivity index (χ4v) is 1.61. The fraction of sp³-hybridized carbons (Fsp3) is 0.0909. The van der Waals surface area contributed by atoms with Crippen LogP contribution < -0.4 is 4.90 Å². The number of para-hydroxylation sites is 1. The van der Waals surface area contributed by atoms with Gasteiger partial charge in [0.15, 0.2) is 0 Å². The van der Waals surface area contributed by atoms with Gasteiger partial charge >= 0.3 is 0 Å². The van der Waals surface area contributed by atoms with E-state index in [1.165, 1.54) is 0 Å². The summed E-state index contributed by atoms with van der Waals surface area (Å²) in [5.74, 6) is 0. The smallest absolute Gasteiger partial charge is 0.242 e. The van der Waals surface area contributed by atoms with E-state index < -0.39 is 4.92 Å². The second-order valence-electron chi connectivity index (χ2n) is 3.31. The summed E-state index contributed by atoms with van der Waals surface area (Å²) in [6.07, 6.45) is 4.59. The molecular weight excluding hydrogens is 192 g/mol. The molecule has 4 heteroatoms. The first-order chi connectivity index (χ1) is 7.18. The first-order valence-corrected chi connectivity index (χ1v) is 4.54. The minimum atomic E-state index is -0.429. The largest absolute Gasteiger partial charge is 0.351 e. The number of hydrogen-bond acceptors (Lipinski definition) is 3. The summed E-state index contributed by atoms with van der Waals surface area (Å²) in [5, 5.41) is 10.4. The van der Waals surface area contributed by atoms with Crippen molar-refractivity contribution < 1.29 is 4.92 Å². The molecule has 4 nitrogen and oxygen atoms in total. The van der Waals surface area contributed by atoms with Crippen LogP contribution in [0.1, 0.15) is 5.56 Å². The van der Waals surface area contributed by atoms with E-state index in [4.69, 9.17) is 0 Å². The Morgan fingerprint density at radius 1 is 1.40 bits per heavy atom. The molecule has 0 N–H and O–H groups in total. The molecule has 0 aliphatic carbocycles. The van der Waals surface area contributed by atoms with Crippen LogP contribution in [0.5, 0.6) is 0 Å². The van der Waals surface area contributed by atoms with Gasteiger partial charge < -0.3 is 4.90 Å². The Morgan fingerprint density at radius 2 is 2.13 bits per heavy atom. The summed E-state index contributed by atoms with van der Waals surface area (Å²) < 4.78 is 0. The van der Waals surface area contributed by atoms with Gasteiger partial charge in [-0.25, -0.2) is 0 Å². The van der Waals surface area contributed by atoms with Crippen LogP contribution in [0.15, 0.2) is 42.7 Å². The number of benzene rings is 1. The molecule has 0 bridgehead atoms. The maximum absolute atomic E-state index is 10.4. The van der Waals surface area contributed by atoms with Crippen molar-refractivity contribution in [3.05, 3.63) is 58.4 Å². The third-order valence-electron chi connectivity index (χ3n) is 2.32. The molecular formula is C11H10N2O2. The number of allylic oxidation sites excluding steroid dienone is 2. The second-order valence-corrected chi connectivity index (χ2v) is 3.31. The van der Waals surface area contributed by atoms with Gasteiger partial charge in [-0.1, -0.05) is 18.2 Å². The summed E-state index contributed by atoms with van der Waals surface area (Å²) in [6, 6.07) is 7.61. The standard InChI is InChI=1S/C11H10N2O2/c1-12-7-6-9(8-13(14)15)10-4-2-3-5-11(10)12/h2-8H,1H3. The monoisotopic (exact) mass is 202 g/mol. The predicted octanol–water partition coefficient (Wildman–Crippen LogP) is 2.27. The number of rotatable bonds is 1. The maximum atomic E-state index is 10.4. The van der Waals surface area contributed by atoms with Crippen molar-refractivity contribution >= 4 is 11.3 Å². The van der Waals surface area contributed by atoms with Crippen molar-refractivity contribution in [3.63, 3.8) is 0 Å². The molecule has 0 radical (unpaired) electrons. The SMILES string of the molecule is CN1C=CC(=C[N+](=O)[O-])c2ccccc21. The van der Waals surface area contributed by atoms with Crippen molar-refractivity contribution in [2.75, 3.05) is 11.9 Å². The molecule has 1 aliphatic rings. The molecule has 2 rings (SSSR count). The van der Waals surface area contributed by atoms with Gasteiger partial charge in [0.2, 0.25) is 6.20 Å². The highest BCUT2D eigenvalue weighted by Crippen LogP contribution is 2.31. The summed E-state index contributed by atoms with van der Waals surface area (Å²) in [5.41, 5.74) is 2.50. The number of nitrogens with zero attached hydrogens (tertiary/aromatic N) is 2. The molecule has 0 unspecified atom stereocenters. The quantitative estimate of drug-likeness (QED) is 0.518. The van der Waals surface area contributed by atoms with Crippen molar-refractivity contribution in [3.8, 4) is 0 Å². The fourth-order valence-electron chi connectivity index (χ4n) is 1.61. The second kappa shape index (κ2) is 3.57. The van der Waals surface area contributed by atoms with Crippen molar-refractivity contribution in [1.82, 2.24) is 0 Å². The van der Waals surface area contributed by atoms with Crippen LogP contribution in [-0.4, -0.2) is 12.0 Å². The summed E-state index contributed by atoms with van der Waals surface area (Å²) >= 11 is 0. The Morgan fingerprint density at radius 3 is 2.87 bits per heavy atom. The lowest BCUT2D eigenvalue weighted by molar-refractivity contribution is -0.401. The van der Waals surface area contributed by atoms with Crippen LogP contribution in [-0.2, 0) is 0 Å². The normalized spacial score (nSPS) is 16.6. The van der Waals surface area contributed by atoms with Crippen LogP contribution in [0.3, 0.4) is 0 Å². The predicted molar refractivity (Wildman–Crippen MR) is 59.0 cm³/mol. The average Bonchev–Trinajstić information content (AvgIpc) is 2.22. The molecule has 1 heterocycles. The highest BCUT2D eigenvalue weighted by Gasteiger charge is 2.14. The van der Waals surface area contributed by atoms with E-state index >= 15 is 0 Å². The Hall–Kier alpha value is -2.10. The van der Waals surface area contributed by atoms with Gasteiger partial charge in [0.05, 0.1) is 10.5 Å². The van der Waals surface area contributed by atoms with Gasteiger partial charge in [-0.3, -0.25) is 10.1 Å². The number of nitro groups is 1. The molecule has 1 aromatic carbocycles. The van der Waals surface area contributed by atoms with Crippen molar-refractivity contribution in [2.45, 2.75) is 0 Å². The number of hydrogen-bond donors (Lipinski definition) is 0. The summed E-state index contributed by atoms with van der Waals surface area (Å²) in [4.78, 5) is 11.9. The molecule has 0 atom stereocenters. The maximum Gasteiger partial charge on any atom is 0.242 e. The molecule has 1 aliphatic heterocycles. The van der Waals surface area contributed by atoms with E-state index in [9.17, 15) is 10.1 Å². The lowest BCUT2D eigenvalue weighted by atomic mass is 10.0. The Labute approximate surface area is 87.3 Å². The highest BCUT2D eigenvalue weighted by molar-refractivity contribution is 5.85. The van der Waals surface area contributed by atoms with E-state index in [1.807, 2.05) is 42.4 Å². The van der Waals surface area contributed by atoms with Gasteiger partial charge in [0.1, 0.15) is 0 Å². The zero-order chi connectivity index (χ0) is 10.8. The Bertz CT molecular complexity index is 463. The molecule has 1 aromatic rings. The molecule has 0 spiro atoms. The van der Waals surface area contributed by atoms with Gasteiger partial charge in [-0.2, -0.15) is 0 Å². The number of fused-ring (bicyclic) bond motifs is 1. The highest BCUT2D eigenvalue weighted by atomic mass is 16.6. The first-order valence-electron chi connectivity index (χ1n) is 4.54. The summed E-state index contributed by atoms with van der Waals surface area (Å²) in [6.45, 7) is 0. The molecule has 0 fully saturated rings. The van der Waals surface area contributed by atoms with Crippen LogP contribution >= 0.6 is 0 Å². The first kappa shape index (κ1) is 9.45. The van der Waals surface area contributed by atoms with E-state index in [1.54, 1.807) is 6.08 Å². The molecule has 15 heavy (non-hydrogen) atoms. The molecule has 0 amide bonds. The molecule has 76 valence electrons. The summed E-state index contributed by atoms with van der Waals surface area (Å²) in [7, 11) is 1.91. The zero-order valence-electron chi connectivity index (χ0n) is 8.25. The van der Waals surface area contributed by atoms with E-state index in [-0.39, 0.29) is 0 Å². The van der Waals surface area contributed by atoms with Gasteiger partial charge in [-0.15, -0.1) is 0 Å². The minimum Gasteiger partial charge on any atom is -0.351 e. The van der Waals surface area contributed by atoms with Crippen LogP contribution in [0.4, 0.5) is 5.69 Å². The zero-order valence-corrected chi connectivity index (χ0v) is 8.25.